The molecule has 0 unspecified atom stereocenters. The van der Waals surface area contributed by atoms with E-state index in [1.54, 1.807) is 12.1 Å². The maximum Gasteiger partial charge on any atom is 0.408 e. The van der Waals surface area contributed by atoms with E-state index >= 15 is 0 Å². The third kappa shape index (κ3) is 8.19. The number of alkyl carbamates (subject to hydrolysis) is 1. The lowest BCUT2D eigenvalue weighted by molar-refractivity contribution is -0.149. The van der Waals surface area contributed by atoms with Gasteiger partial charge in [0.05, 0.1) is 12.8 Å². The van der Waals surface area contributed by atoms with Crippen molar-refractivity contribution in [1.82, 2.24) is 5.32 Å². The number of methoxy groups -OCH3 is 1. The van der Waals surface area contributed by atoms with Crippen LogP contribution in [0.1, 0.15) is 16.7 Å². The van der Waals surface area contributed by atoms with Gasteiger partial charge in [0.25, 0.3) is 5.91 Å². The first-order valence-corrected chi connectivity index (χ1v) is 11.1. The molecule has 182 valence electrons. The number of anilines is 1. The fraction of sp³-hybridized carbons (Fsp3) is 0.222. The van der Waals surface area contributed by atoms with E-state index < -0.39 is 30.6 Å². The predicted molar refractivity (Wildman–Crippen MR) is 131 cm³/mol. The van der Waals surface area contributed by atoms with E-state index in [0.717, 1.165) is 16.7 Å². The number of hydrogen-bond donors (Lipinski definition) is 2. The van der Waals surface area contributed by atoms with Gasteiger partial charge >= 0.3 is 12.1 Å². The number of nitrogens with one attached hydrogen (secondary N) is 2. The van der Waals surface area contributed by atoms with Crippen LogP contribution < -0.4 is 15.4 Å². The predicted octanol–water partition coefficient (Wildman–Crippen LogP) is 4.02. The van der Waals surface area contributed by atoms with Gasteiger partial charge in [-0.2, -0.15) is 0 Å². The van der Waals surface area contributed by atoms with Crippen molar-refractivity contribution in [1.29, 1.82) is 0 Å². The van der Waals surface area contributed by atoms with Gasteiger partial charge < -0.3 is 24.8 Å². The molecule has 0 fully saturated rings. The highest BCUT2D eigenvalue weighted by Gasteiger charge is 2.24. The van der Waals surface area contributed by atoms with Gasteiger partial charge in [-0.05, 0) is 35.7 Å². The Morgan fingerprint density at radius 3 is 2.17 bits per heavy atom. The second kappa shape index (κ2) is 12.8. The van der Waals surface area contributed by atoms with Crippen molar-refractivity contribution in [2.75, 3.05) is 19.0 Å². The van der Waals surface area contributed by atoms with Crippen LogP contribution in [-0.2, 0) is 32.1 Å². The largest absolute Gasteiger partial charge is 0.495 e. The maximum atomic E-state index is 12.8. The number of rotatable bonds is 10. The highest BCUT2D eigenvalue weighted by Crippen LogP contribution is 2.25. The van der Waals surface area contributed by atoms with E-state index in [0.29, 0.717) is 11.4 Å². The topological polar surface area (TPSA) is 103 Å². The van der Waals surface area contributed by atoms with Gasteiger partial charge in [0, 0.05) is 6.42 Å². The van der Waals surface area contributed by atoms with Crippen LogP contribution in [0.4, 0.5) is 10.5 Å². The minimum absolute atomic E-state index is 0.0561. The Morgan fingerprint density at radius 1 is 0.857 bits per heavy atom. The molecule has 3 aromatic carbocycles. The number of amides is 2. The van der Waals surface area contributed by atoms with Crippen molar-refractivity contribution >= 4 is 23.7 Å². The molecule has 0 aliphatic heterocycles. The number of aryl methyl sites for hydroxylation is 1. The summed E-state index contributed by atoms with van der Waals surface area (Å²) in [6.07, 6.45) is -0.589. The monoisotopic (exact) mass is 476 g/mol. The van der Waals surface area contributed by atoms with Crippen molar-refractivity contribution in [3.05, 3.63) is 95.6 Å². The SMILES string of the molecule is COc1ccc(C)cc1NC(=O)COC(=O)[C@H](Cc1ccccc1)NC(=O)OCc1ccccc1. The van der Waals surface area contributed by atoms with Crippen LogP contribution in [0.15, 0.2) is 78.9 Å². The van der Waals surface area contributed by atoms with E-state index in [1.165, 1.54) is 7.11 Å². The van der Waals surface area contributed by atoms with Crippen molar-refractivity contribution in [2.45, 2.75) is 26.0 Å². The molecule has 0 heterocycles. The summed E-state index contributed by atoms with van der Waals surface area (Å²) in [4.78, 5) is 37.6. The summed E-state index contributed by atoms with van der Waals surface area (Å²) in [6.45, 7) is 1.41. The van der Waals surface area contributed by atoms with Crippen LogP contribution in [0.2, 0.25) is 0 Å². The maximum absolute atomic E-state index is 12.8. The molecule has 0 radical (unpaired) electrons. The first kappa shape index (κ1) is 25.3. The Balaban J connectivity index is 1.59. The average molecular weight is 477 g/mol. The van der Waals surface area contributed by atoms with Crippen LogP contribution in [-0.4, -0.2) is 37.7 Å². The third-order valence-electron chi connectivity index (χ3n) is 5.05. The molecule has 0 saturated carbocycles. The smallest absolute Gasteiger partial charge is 0.408 e. The fourth-order valence-corrected chi connectivity index (χ4v) is 3.29. The van der Waals surface area contributed by atoms with Crippen LogP contribution in [0.25, 0.3) is 0 Å². The number of carbonyl (C=O) groups is 3. The van der Waals surface area contributed by atoms with E-state index in [2.05, 4.69) is 10.6 Å². The molecule has 0 spiro atoms. The minimum Gasteiger partial charge on any atom is -0.495 e. The van der Waals surface area contributed by atoms with Crippen molar-refractivity contribution in [3.8, 4) is 5.75 Å². The molecule has 8 heteroatoms. The molecule has 3 aromatic rings. The lowest BCUT2D eigenvalue weighted by atomic mass is 10.1. The molecule has 8 nitrogen and oxygen atoms in total. The zero-order chi connectivity index (χ0) is 25.0. The van der Waals surface area contributed by atoms with Crippen LogP contribution in [0.5, 0.6) is 5.75 Å². The summed E-state index contributed by atoms with van der Waals surface area (Å²) >= 11 is 0. The van der Waals surface area contributed by atoms with Gasteiger partial charge in [-0.15, -0.1) is 0 Å². The molecule has 2 N–H and O–H groups in total. The number of benzene rings is 3. The third-order valence-corrected chi connectivity index (χ3v) is 5.05. The Kier molecular flexibility index (Phi) is 9.24. The van der Waals surface area contributed by atoms with Crippen molar-refractivity contribution in [2.24, 2.45) is 0 Å². The molecule has 0 bridgehead atoms. The second-order valence-corrected chi connectivity index (χ2v) is 7.81. The molecule has 2 amide bonds. The number of ether oxygens (including phenoxy) is 3. The highest BCUT2D eigenvalue weighted by atomic mass is 16.6. The summed E-state index contributed by atoms with van der Waals surface area (Å²) in [5.41, 5.74) is 3.02. The molecule has 0 aromatic heterocycles. The summed E-state index contributed by atoms with van der Waals surface area (Å²) in [6, 6.07) is 22.6. The molecular formula is C27H28N2O6. The average Bonchev–Trinajstić information content (AvgIpc) is 2.87. The lowest BCUT2D eigenvalue weighted by Crippen LogP contribution is -2.44. The Bertz CT molecular complexity index is 1130. The highest BCUT2D eigenvalue weighted by molar-refractivity contribution is 5.94. The van der Waals surface area contributed by atoms with Crippen molar-refractivity contribution in [3.63, 3.8) is 0 Å². The Hall–Kier alpha value is -4.33. The van der Waals surface area contributed by atoms with Crippen LogP contribution in [0, 0.1) is 6.92 Å². The quantitative estimate of drug-likeness (QED) is 0.429. The molecule has 1 atom stereocenters. The minimum atomic E-state index is -1.04. The fourth-order valence-electron chi connectivity index (χ4n) is 3.29. The van der Waals surface area contributed by atoms with Gasteiger partial charge in [0.2, 0.25) is 0 Å². The number of esters is 1. The van der Waals surface area contributed by atoms with Crippen LogP contribution in [0.3, 0.4) is 0 Å². The Morgan fingerprint density at radius 2 is 1.51 bits per heavy atom. The van der Waals surface area contributed by atoms with E-state index in [9.17, 15) is 14.4 Å². The first-order chi connectivity index (χ1) is 16.9. The Labute approximate surface area is 204 Å². The zero-order valence-corrected chi connectivity index (χ0v) is 19.7. The molecule has 0 saturated heterocycles. The zero-order valence-electron chi connectivity index (χ0n) is 19.7. The van der Waals surface area contributed by atoms with Gasteiger partial charge in [-0.1, -0.05) is 66.7 Å². The molecule has 0 aliphatic rings. The summed E-state index contributed by atoms with van der Waals surface area (Å²) in [5, 5.41) is 5.22. The van der Waals surface area contributed by atoms with Crippen molar-refractivity contribution < 1.29 is 28.6 Å². The lowest BCUT2D eigenvalue weighted by Gasteiger charge is -2.18. The molecule has 0 aliphatic carbocycles. The summed E-state index contributed by atoms with van der Waals surface area (Å²) in [5.74, 6) is -0.802. The van der Waals surface area contributed by atoms with E-state index in [1.807, 2.05) is 73.7 Å². The second-order valence-electron chi connectivity index (χ2n) is 7.81. The first-order valence-electron chi connectivity index (χ1n) is 11.1. The number of hydrogen-bond acceptors (Lipinski definition) is 6. The van der Waals surface area contributed by atoms with E-state index in [4.69, 9.17) is 14.2 Å². The summed E-state index contributed by atoms with van der Waals surface area (Å²) in [7, 11) is 1.50. The van der Waals surface area contributed by atoms with Gasteiger partial charge in [-0.3, -0.25) is 4.79 Å². The van der Waals surface area contributed by atoms with E-state index in [-0.39, 0.29) is 13.0 Å². The van der Waals surface area contributed by atoms with Crippen LogP contribution >= 0.6 is 0 Å². The molecule has 3 rings (SSSR count). The molecule has 35 heavy (non-hydrogen) atoms. The number of carbonyl (C=O) groups excluding carboxylic acids is 3. The standard InChI is InChI=1S/C27H28N2O6/c1-19-13-14-24(33-2)22(15-19)28-25(30)18-34-26(31)23(16-20-9-5-3-6-10-20)29-27(32)35-17-21-11-7-4-8-12-21/h3-15,23H,16-18H2,1-2H3,(H,28,30)(H,29,32)/t23-/m0/s1. The van der Waals surface area contributed by atoms with Gasteiger partial charge in [-0.25, -0.2) is 9.59 Å². The van der Waals surface area contributed by atoms with Gasteiger partial charge in [0.15, 0.2) is 6.61 Å². The van der Waals surface area contributed by atoms with Gasteiger partial charge in [0.1, 0.15) is 18.4 Å². The normalized spacial score (nSPS) is 11.1. The molecular weight excluding hydrogens is 448 g/mol. The summed E-state index contributed by atoms with van der Waals surface area (Å²) < 4.78 is 15.7.